The first-order valence-corrected chi connectivity index (χ1v) is 5.35. The van der Waals surface area contributed by atoms with Crippen LogP contribution in [0, 0.1) is 11.3 Å². The molecule has 0 bridgehead atoms. The minimum atomic E-state index is 0.340. The molecule has 0 amide bonds. The summed E-state index contributed by atoms with van der Waals surface area (Å²) >= 11 is 0. The van der Waals surface area contributed by atoms with Crippen LogP contribution < -0.4 is 5.32 Å². The first-order chi connectivity index (χ1) is 7.81. The van der Waals surface area contributed by atoms with Crippen molar-refractivity contribution < 1.29 is 4.74 Å². The predicted octanol–water partition coefficient (Wildman–Crippen LogP) is 1.33. The zero-order valence-electron chi connectivity index (χ0n) is 9.18. The third kappa shape index (κ3) is 2.47. The van der Waals surface area contributed by atoms with E-state index in [0.29, 0.717) is 17.8 Å². The first-order valence-electron chi connectivity index (χ1n) is 5.35. The number of nitriles is 1. The molecule has 2 unspecified atom stereocenters. The fourth-order valence-corrected chi connectivity index (χ4v) is 1.96. The summed E-state index contributed by atoms with van der Waals surface area (Å²) in [6.07, 6.45) is 3.51. The number of aromatic nitrogens is 2. The number of hydrogen-bond donors (Lipinski definition) is 1. The van der Waals surface area contributed by atoms with Crippen LogP contribution in [0.15, 0.2) is 12.1 Å². The molecule has 16 heavy (non-hydrogen) atoms. The quantitative estimate of drug-likeness (QED) is 0.828. The highest BCUT2D eigenvalue weighted by atomic mass is 16.5. The fraction of sp³-hybridized carbons (Fsp3) is 0.545. The molecule has 1 fully saturated rings. The molecule has 0 aromatic carbocycles. The van der Waals surface area contributed by atoms with Gasteiger partial charge in [0.2, 0.25) is 0 Å². The lowest BCUT2D eigenvalue weighted by Crippen LogP contribution is -2.18. The van der Waals surface area contributed by atoms with Crippen LogP contribution in [0.2, 0.25) is 0 Å². The van der Waals surface area contributed by atoms with Crippen molar-refractivity contribution in [1.82, 2.24) is 10.2 Å². The zero-order chi connectivity index (χ0) is 11.4. The van der Waals surface area contributed by atoms with Crippen molar-refractivity contribution in [2.24, 2.45) is 0 Å². The smallest absolute Gasteiger partial charge is 0.163 e. The summed E-state index contributed by atoms with van der Waals surface area (Å²) in [5.74, 6) is 0.723. The zero-order valence-corrected chi connectivity index (χ0v) is 9.18. The van der Waals surface area contributed by atoms with Crippen LogP contribution >= 0.6 is 0 Å². The van der Waals surface area contributed by atoms with Gasteiger partial charge in [0.05, 0.1) is 6.10 Å². The van der Waals surface area contributed by atoms with Crippen molar-refractivity contribution in [3.8, 4) is 6.07 Å². The van der Waals surface area contributed by atoms with E-state index in [-0.39, 0.29) is 0 Å². The monoisotopic (exact) mass is 218 g/mol. The highest BCUT2D eigenvalue weighted by Crippen LogP contribution is 2.23. The van der Waals surface area contributed by atoms with Crippen molar-refractivity contribution in [2.45, 2.75) is 31.4 Å². The molecule has 1 aliphatic rings. The third-order valence-corrected chi connectivity index (χ3v) is 2.85. The Hall–Kier alpha value is -1.67. The summed E-state index contributed by atoms with van der Waals surface area (Å²) in [6, 6.07) is 5.79. The summed E-state index contributed by atoms with van der Waals surface area (Å²) in [6.45, 7) is 0. The van der Waals surface area contributed by atoms with E-state index in [1.54, 1.807) is 19.2 Å². The standard InChI is InChI=1S/C11H14N4O/c1-16-10-4-2-8(6-10)13-11-5-3-9(7-12)14-15-11/h3,5,8,10H,2,4,6H2,1H3,(H,13,15). The lowest BCUT2D eigenvalue weighted by Gasteiger charge is -2.12. The molecular formula is C11H14N4O. The number of rotatable bonds is 3. The molecule has 1 heterocycles. The number of nitrogens with zero attached hydrogens (tertiary/aromatic N) is 3. The van der Waals surface area contributed by atoms with Gasteiger partial charge in [-0.25, -0.2) is 0 Å². The van der Waals surface area contributed by atoms with Gasteiger partial charge in [0, 0.05) is 13.2 Å². The number of methoxy groups -OCH3 is 1. The van der Waals surface area contributed by atoms with Gasteiger partial charge in [-0.05, 0) is 31.4 Å². The first kappa shape index (κ1) is 10.8. The minimum absolute atomic E-state index is 0.340. The van der Waals surface area contributed by atoms with E-state index in [1.165, 1.54) is 0 Å². The number of anilines is 1. The van der Waals surface area contributed by atoms with Gasteiger partial charge in [0.1, 0.15) is 11.9 Å². The van der Waals surface area contributed by atoms with Crippen LogP contribution in [0.5, 0.6) is 0 Å². The van der Waals surface area contributed by atoms with Crippen molar-refractivity contribution >= 4 is 5.82 Å². The average molecular weight is 218 g/mol. The summed E-state index contributed by atoms with van der Waals surface area (Å²) in [5, 5.41) is 19.6. The number of nitrogens with one attached hydrogen (secondary N) is 1. The van der Waals surface area contributed by atoms with E-state index in [1.807, 2.05) is 6.07 Å². The summed E-state index contributed by atoms with van der Waals surface area (Å²) < 4.78 is 5.30. The van der Waals surface area contributed by atoms with Gasteiger partial charge in [-0.2, -0.15) is 5.26 Å². The predicted molar refractivity (Wildman–Crippen MR) is 58.8 cm³/mol. The van der Waals surface area contributed by atoms with Gasteiger partial charge in [-0.15, -0.1) is 10.2 Å². The summed E-state index contributed by atoms with van der Waals surface area (Å²) in [5.41, 5.74) is 0.340. The van der Waals surface area contributed by atoms with Gasteiger partial charge < -0.3 is 10.1 Å². The maximum atomic E-state index is 8.59. The largest absolute Gasteiger partial charge is 0.381 e. The number of ether oxygens (including phenoxy) is 1. The van der Waals surface area contributed by atoms with Crippen LogP contribution in [0.3, 0.4) is 0 Å². The van der Waals surface area contributed by atoms with E-state index in [2.05, 4.69) is 15.5 Å². The molecule has 0 aliphatic heterocycles. The molecule has 0 spiro atoms. The van der Waals surface area contributed by atoms with E-state index < -0.39 is 0 Å². The van der Waals surface area contributed by atoms with Gasteiger partial charge in [-0.3, -0.25) is 0 Å². The third-order valence-electron chi connectivity index (χ3n) is 2.85. The van der Waals surface area contributed by atoms with Gasteiger partial charge in [-0.1, -0.05) is 0 Å². The molecule has 5 nitrogen and oxygen atoms in total. The van der Waals surface area contributed by atoms with Crippen LogP contribution in [-0.4, -0.2) is 29.5 Å². The molecule has 0 radical (unpaired) electrons. The Morgan fingerprint density at radius 3 is 2.88 bits per heavy atom. The SMILES string of the molecule is COC1CCC(Nc2ccc(C#N)nn2)C1. The summed E-state index contributed by atoms with van der Waals surface area (Å²) in [4.78, 5) is 0. The lowest BCUT2D eigenvalue weighted by molar-refractivity contribution is 0.108. The fourth-order valence-electron chi connectivity index (χ4n) is 1.96. The highest BCUT2D eigenvalue weighted by molar-refractivity contribution is 5.36. The van der Waals surface area contributed by atoms with E-state index in [0.717, 1.165) is 25.1 Å². The molecular weight excluding hydrogens is 204 g/mol. The van der Waals surface area contributed by atoms with Gasteiger partial charge in [0.25, 0.3) is 0 Å². The Kier molecular flexibility index (Phi) is 3.32. The van der Waals surface area contributed by atoms with E-state index >= 15 is 0 Å². The Bertz CT molecular complexity index is 384. The maximum Gasteiger partial charge on any atom is 0.163 e. The molecule has 1 N–H and O–H groups in total. The van der Waals surface area contributed by atoms with Crippen LogP contribution in [0.1, 0.15) is 25.0 Å². The Morgan fingerprint density at radius 2 is 2.31 bits per heavy atom. The van der Waals surface area contributed by atoms with Crippen LogP contribution in [0.4, 0.5) is 5.82 Å². The molecule has 2 rings (SSSR count). The topological polar surface area (TPSA) is 70.8 Å². The summed E-state index contributed by atoms with van der Waals surface area (Å²) in [7, 11) is 1.74. The van der Waals surface area contributed by atoms with Crippen molar-refractivity contribution in [1.29, 1.82) is 5.26 Å². The molecule has 2 atom stereocenters. The van der Waals surface area contributed by atoms with Crippen molar-refractivity contribution in [3.05, 3.63) is 17.8 Å². The molecule has 1 aromatic heterocycles. The Morgan fingerprint density at radius 1 is 1.44 bits per heavy atom. The lowest BCUT2D eigenvalue weighted by atomic mass is 10.2. The second-order valence-corrected chi connectivity index (χ2v) is 3.93. The molecule has 84 valence electrons. The molecule has 1 aliphatic carbocycles. The van der Waals surface area contributed by atoms with E-state index in [9.17, 15) is 0 Å². The Labute approximate surface area is 94.4 Å². The van der Waals surface area contributed by atoms with E-state index in [4.69, 9.17) is 10.00 Å². The van der Waals surface area contributed by atoms with Crippen molar-refractivity contribution in [2.75, 3.05) is 12.4 Å². The van der Waals surface area contributed by atoms with Crippen LogP contribution in [-0.2, 0) is 4.74 Å². The second kappa shape index (κ2) is 4.90. The maximum absolute atomic E-state index is 8.59. The number of hydrogen-bond acceptors (Lipinski definition) is 5. The van der Waals surface area contributed by atoms with Crippen LogP contribution in [0.25, 0.3) is 0 Å². The average Bonchev–Trinajstić information content (AvgIpc) is 2.78. The molecule has 1 aromatic rings. The van der Waals surface area contributed by atoms with Crippen molar-refractivity contribution in [3.63, 3.8) is 0 Å². The molecule has 0 saturated heterocycles. The molecule has 1 saturated carbocycles. The van der Waals surface area contributed by atoms with Gasteiger partial charge in [0.15, 0.2) is 5.69 Å². The normalized spacial score (nSPS) is 24.0. The highest BCUT2D eigenvalue weighted by Gasteiger charge is 2.24. The van der Waals surface area contributed by atoms with Gasteiger partial charge >= 0.3 is 0 Å². The second-order valence-electron chi connectivity index (χ2n) is 3.93. The molecule has 5 heteroatoms. The Balaban J connectivity index is 1.92. The minimum Gasteiger partial charge on any atom is -0.381 e.